The van der Waals surface area contributed by atoms with Crippen LogP contribution in [0.2, 0.25) is 0 Å². The Hall–Kier alpha value is -3.99. The summed E-state index contributed by atoms with van der Waals surface area (Å²) < 4.78 is 30.0. The summed E-state index contributed by atoms with van der Waals surface area (Å²) in [5, 5.41) is 7.08. The Balaban J connectivity index is 1.46. The average Bonchev–Trinajstić information content (AvgIpc) is 3.20. The van der Waals surface area contributed by atoms with Crippen molar-refractivity contribution in [1.82, 2.24) is 19.3 Å². The van der Waals surface area contributed by atoms with E-state index in [-0.39, 0.29) is 29.3 Å². The molecule has 2 heterocycles. The number of carbonyl (C=O) groups is 1. The smallest absolute Gasteiger partial charge is 0.264 e. The summed E-state index contributed by atoms with van der Waals surface area (Å²) in [4.78, 5) is 29.2. The molecule has 0 unspecified atom stereocenters. The molecule has 0 radical (unpaired) electrons. The third-order valence-corrected chi connectivity index (χ3v) is 6.98. The van der Waals surface area contributed by atoms with Gasteiger partial charge in [-0.05, 0) is 30.3 Å². The van der Waals surface area contributed by atoms with E-state index in [1.807, 2.05) is 0 Å². The van der Waals surface area contributed by atoms with Crippen molar-refractivity contribution >= 4 is 38.3 Å². The Morgan fingerprint density at radius 2 is 1.88 bits per heavy atom. The van der Waals surface area contributed by atoms with Crippen molar-refractivity contribution in [1.29, 1.82) is 0 Å². The first-order valence-corrected chi connectivity index (χ1v) is 11.5. The normalized spacial score (nSPS) is 11.5. The lowest BCUT2D eigenvalue weighted by Gasteiger charge is -2.20. The maximum atomic E-state index is 13.0. The number of carbonyl (C=O) groups excluding carboxylic acids is 1. The molecule has 0 fully saturated rings. The number of benzene rings is 2. The molecule has 170 valence electrons. The molecular weight excluding hydrogens is 444 g/mol. The number of anilines is 2. The number of amides is 1. The molecule has 1 amide bonds. The van der Waals surface area contributed by atoms with Crippen LogP contribution in [-0.4, -0.2) is 40.7 Å². The highest BCUT2D eigenvalue weighted by atomic mass is 32.2. The predicted molar refractivity (Wildman–Crippen MR) is 124 cm³/mol. The first kappa shape index (κ1) is 22.2. The largest absolute Gasteiger partial charge is 0.326 e. The molecule has 11 heteroatoms. The lowest BCUT2D eigenvalue weighted by atomic mass is 10.3. The van der Waals surface area contributed by atoms with Crippen molar-refractivity contribution in [2.24, 2.45) is 7.05 Å². The number of para-hydroxylation sites is 1. The summed E-state index contributed by atoms with van der Waals surface area (Å²) >= 11 is 0. The van der Waals surface area contributed by atoms with Crippen LogP contribution in [0.25, 0.3) is 11.0 Å². The summed E-state index contributed by atoms with van der Waals surface area (Å²) in [7, 11) is -0.644. The molecular formula is C22H22N6O4S. The molecule has 0 atom stereocenters. The van der Waals surface area contributed by atoms with Crippen molar-refractivity contribution in [3.63, 3.8) is 0 Å². The van der Waals surface area contributed by atoms with Gasteiger partial charge in [-0.15, -0.1) is 0 Å². The number of nitrogens with zero attached hydrogens (tertiary/aromatic N) is 5. The summed E-state index contributed by atoms with van der Waals surface area (Å²) in [6, 6.07) is 14.8. The molecule has 2 aromatic carbocycles. The lowest BCUT2D eigenvalue weighted by molar-refractivity contribution is -0.116. The SMILES string of the molecule is CN(c1ccccc1)S(=O)(=O)c1cccc(NC(=O)CCn2cnc3c(cnn3C)c2=O)c1. The summed E-state index contributed by atoms with van der Waals surface area (Å²) in [5.74, 6) is -0.362. The fourth-order valence-corrected chi connectivity index (χ4v) is 4.58. The van der Waals surface area contributed by atoms with Gasteiger partial charge in [-0.1, -0.05) is 24.3 Å². The van der Waals surface area contributed by atoms with E-state index >= 15 is 0 Å². The quantitative estimate of drug-likeness (QED) is 0.445. The van der Waals surface area contributed by atoms with Gasteiger partial charge in [0.15, 0.2) is 5.65 Å². The van der Waals surface area contributed by atoms with Crippen LogP contribution in [0.4, 0.5) is 11.4 Å². The van der Waals surface area contributed by atoms with E-state index in [9.17, 15) is 18.0 Å². The fraction of sp³-hybridized carbons (Fsp3) is 0.182. The summed E-state index contributed by atoms with van der Waals surface area (Å²) in [6.07, 6.45) is 2.83. The lowest BCUT2D eigenvalue weighted by Crippen LogP contribution is -2.26. The number of sulfonamides is 1. The van der Waals surface area contributed by atoms with E-state index in [0.717, 1.165) is 0 Å². The molecule has 10 nitrogen and oxygen atoms in total. The third kappa shape index (κ3) is 4.48. The first-order chi connectivity index (χ1) is 15.8. The highest BCUT2D eigenvalue weighted by Crippen LogP contribution is 2.23. The molecule has 0 aliphatic carbocycles. The van der Waals surface area contributed by atoms with Gasteiger partial charge in [0.1, 0.15) is 5.39 Å². The van der Waals surface area contributed by atoms with Crippen molar-refractivity contribution in [2.75, 3.05) is 16.7 Å². The Labute approximate surface area is 190 Å². The maximum Gasteiger partial charge on any atom is 0.264 e. The molecule has 0 spiro atoms. The second kappa shape index (κ2) is 8.87. The number of nitrogens with one attached hydrogen (secondary N) is 1. The molecule has 1 N–H and O–H groups in total. The van der Waals surface area contributed by atoms with Crippen molar-refractivity contribution in [3.8, 4) is 0 Å². The van der Waals surface area contributed by atoms with E-state index in [0.29, 0.717) is 22.4 Å². The van der Waals surface area contributed by atoms with Gasteiger partial charge in [-0.3, -0.25) is 23.1 Å². The highest BCUT2D eigenvalue weighted by Gasteiger charge is 2.21. The Morgan fingerprint density at radius 1 is 1.12 bits per heavy atom. The van der Waals surface area contributed by atoms with Gasteiger partial charge in [0, 0.05) is 32.7 Å². The van der Waals surface area contributed by atoms with E-state index < -0.39 is 10.0 Å². The van der Waals surface area contributed by atoms with E-state index in [2.05, 4.69) is 15.4 Å². The molecule has 4 aromatic rings. The Kier molecular flexibility index (Phi) is 5.97. The molecule has 0 aliphatic heterocycles. The van der Waals surface area contributed by atoms with Crippen LogP contribution in [0.5, 0.6) is 0 Å². The van der Waals surface area contributed by atoms with E-state index in [1.165, 1.54) is 45.3 Å². The molecule has 2 aromatic heterocycles. The number of fused-ring (bicyclic) bond motifs is 1. The number of hydrogen-bond donors (Lipinski definition) is 1. The molecule has 33 heavy (non-hydrogen) atoms. The van der Waals surface area contributed by atoms with E-state index in [4.69, 9.17) is 0 Å². The maximum absolute atomic E-state index is 13.0. The zero-order chi connectivity index (χ0) is 23.6. The minimum Gasteiger partial charge on any atom is -0.326 e. The summed E-state index contributed by atoms with van der Waals surface area (Å²) in [5.41, 5.74) is 1.06. The number of aromatic nitrogens is 4. The monoisotopic (exact) mass is 466 g/mol. The standard InChI is InChI=1S/C22H22N6O4S/c1-26-21-19(14-24-26)22(30)28(15-23-21)12-11-20(29)25-16-7-6-10-18(13-16)33(31,32)27(2)17-8-4-3-5-9-17/h3-10,13-15H,11-12H2,1-2H3,(H,25,29). The average molecular weight is 467 g/mol. The summed E-state index contributed by atoms with van der Waals surface area (Å²) in [6.45, 7) is 0.122. The van der Waals surface area contributed by atoms with E-state index in [1.54, 1.807) is 49.5 Å². The van der Waals surface area contributed by atoms with Crippen LogP contribution in [0.3, 0.4) is 0 Å². The molecule has 0 saturated heterocycles. The molecule has 0 bridgehead atoms. The van der Waals surface area contributed by atoms with Gasteiger partial charge in [-0.2, -0.15) is 5.10 Å². The van der Waals surface area contributed by atoms with Crippen LogP contribution >= 0.6 is 0 Å². The molecule has 4 rings (SSSR count). The Morgan fingerprint density at radius 3 is 2.64 bits per heavy atom. The molecule has 0 aliphatic rings. The third-order valence-electron chi connectivity index (χ3n) is 5.19. The highest BCUT2D eigenvalue weighted by molar-refractivity contribution is 7.92. The van der Waals surface area contributed by atoms with Gasteiger partial charge in [0.2, 0.25) is 5.91 Å². The van der Waals surface area contributed by atoms with Gasteiger partial charge >= 0.3 is 0 Å². The van der Waals surface area contributed by atoms with Crippen molar-refractivity contribution < 1.29 is 13.2 Å². The van der Waals surface area contributed by atoms with Crippen LogP contribution < -0.4 is 15.2 Å². The second-order valence-corrected chi connectivity index (χ2v) is 9.35. The number of aryl methyl sites for hydroxylation is 2. The van der Waals surface area contributed by atoms with Gasteiger partial charge < -0.3 is 5.32 Å². The van der Waals surface area contributed by atoms with Crippen molar-refractivity contribution in [2.45, 2.75) is 17.9 Å². The first-order valence-electron chi connectivity index (χ1n) is 10.1. The van der Waals surface area contributed by atoms with Gasteiger partial charge in [-0.25, -0.2) is 13.4 Å². The van der Waals surface area contributed by atoms with Crippen LogP contribution in [0, 0.1) is 0 Å². The van der Waals surface area contributed by atoms with Crippen LogP contribution in [0.15, 0.2) is 76.8 Å². The topological polar surface area (TPSA) is 119 Å². The minimum absolute atomic E-state index is 0.00819. The number of rotatable bonds is 7. The van der Waals surface area contributed by atoms with Gasteiger partial charge in [0.25, 0.3) is 15.6 Å². The van der Waals surface area contributed by atoms with Crippen LogP contribution in [0.1, 0.15) is 6.42 Å². The van der Waals surface area contributed by atoms with Crippen LogP contribution in [-0.2, 0) is 28.4 Å². The zero-order valence-corrected chi connectivity index (χ0v) is 18.9. The predicted octanol–water partition coefficient (Wildman–Crippen LogP) is 1.98. The fourth-order valence-electron chi connectivity index (χ4n) is 3.34. The molecule has 0 saturated carbocycles. The minimum atomic E-state index is -3.81. The Bertz CT molecular complexity index is 1480. The second-order valence-electron chi connectivity index (χ2n) is 7.38. The zero-order valence-electron chi connectivity index (χ0n) is 18.0. The van der Waals surface area contributed by atoms with Crippen molar-refractivity contribution in [3.05, 3.63) is 77.5 Å². The number of hydrogen-bond acceptors (Lipinski definition) is 6. The van der Waals surface area contributed by atoms with Gasteiger partial charge in [0.05, 0.1) is 23.1 Å².